The molecule has 0 aromatic heterocycles. The molecule has 0 aliphatic heterocycles. The van der Waals surface area contributed by atoms with Crippen LogP contribution in [0.25, 0.3) is 0 Å². The Morgan fingerprint density at radius 2 is 1.07 bits per heavy atom. The molecule has 0 saturated heterocycles. The van der Waals surface area contributed by atoms with Crippen molar-refractivity contribution in [3.8, 4) is 23.0 Å². The second-order valence-corrected chi connectivity index (χ2v) is 6.78. The van der Waals surface area contributed by atoms with Gasteiger partial charge in [-0.2, -0.15) is 0 Å². The van der Waals surface area contributed by atoms with E-state index in [1.165, 1.54) is 24.6 Å². The van der Waals surface area contributed by atoms with Gasteiger partial charge in [-0.25, -0.2) is 0 Å². The molecule has 4 N–H and O–H groups in total. The minimum absolute atomic E-state index is 0.206. The van der Waals surface area contributed by atoms with Crippen LogP contribution in [0.15, 0.2) is 52.4 Å². The number of phenolic OH excluding ortho intramolecular Hbond substituents is 4. The van der Waals surface area contributed by atoms with E-state index in [-0.39, 0.29) is 23.0 Å². The molecule has 3 aromatic rings. The monoisotopic (exact) mass is 390 g/mol. The predicted molar refractivity (Wildman–Crippen MR) is 115 cm³/mol. The van der Waals surface area contributed by atoms with Crippen molar-refractivity contribution >= 4 is 23.8 Å². The Morgan fingerprint density at radius 3 is 1.48 bits per heavy atom. The van der Waals surface area contributed by atoms with Crippen LogP contribution in [-0.4, -0.2) is 32.9 Å². The van der Waals surface area contributed by atoms with Crippen molar-refractivity contribution in [1.29, 1.82) is 0 Å². The molecule has 0 bridgehead atoms. The van der Waals surface area contributed by atoms with E-state index in [0.29, 0.717) is 22.5 Å². The first-order valence-corrected chi connectivity index (χ1v) is 9.00. The first kappa shape index (κ1) is 19.9. The molecular weight excluding hydrogens is 368 g/mol. The topological polar surface area (TPSA) is 106 Å². The summed E-state index contributed by atoms with van der Waals surface area (Å²) in [5, 5.41) is 39.2. The summed E-state index contributed by atoms with van der Waals surface area (Å²) in [5.74, 6) is -0.863. The smallest absolute Gasteiger partial charge is 0.166 e. The van der Waals surface area contributed by atoms with Gasteiger partial charge in [0.2, 0.25) is 0 Å². The second-order valence-electron chi connectivity index (χ2n) is 6.78. The minimum atomic E-state index is -0.226. The van der Waals surface area contributed by atoms with E-state index >= 15 is 0 Å². The SMILES string of the molecule is Cc1cc(C)c(N=Cc2cccc(O)c2O)c(C)c1N=Cc1cccc(O)c1O. The molecule has 29 heavy (non-hydrogen) atoms. The van der Waals surface area contributed by atoms with Gasteiger partial charge in [0.25, 0.3) is 0 Å². The van der Waals surface area contributed by atoms with Crippen LogP contribution < -0.4 is 0 Å². The Hall–Kier alpha value is -3.80. The van der Waals surface area contributed by atoms with E-state index in [2.05, 4.69) is 9.98 Å². The number of hydrogen-bond acceptors (Lipinski definition) is 6. The largest absolute Gasteiger partial charge is 0.504 e. The molecule has 0 aliphatic rings. The third-order valence-corrected chi connectivity index (χ3v) is 4.65. The molecule has 6 heteroatoms. The van der Waals surface area contributed by atoms with Gasteiger partial charge in [-0.3, -0.25) is 9.98 Å². The lowest BCUT2D eigenvalue weighted by Gasteiger charge is -2.12. The van der Waals surface area contributed by atoms with Gasteiger partial charge >= 0.3 is 0 Å². The highest BCUT2D eigenvalue weighted by Gasteiger charge is 2.11. The summed E-state index contributed by atoms with van der Waals surface area (Å²) in [7, 11) is 0. The molecule has 0 aliphatic carbocycles. The molecule has 0 amide bonds. The van der Waals surface area contributed by atoms with Crippen molar-refractivity contribution in [3.05, 3.63) is 70.3 Å². The summed E-state index contributed by atoms with van der Waals surface area (Å²) >= 11 is 0. The Kier molecular flexibility index (Phi) is 5.54. The maximum atomic E-state index is 9.96. The van der Waals surface area contributed by atoms with Gasteiger partial charge in [0.1, 0.15) is 0 Å². The third-order valence-electron chi connectivity index (χ3n) is 4.65. The van der Waals surface area contributed by atoms with Crippen LogP contribution in [0.4, 0.5) is 11.4 Å². The molecule has 0 atom stereocenters. The summed E-state index contributed by atoms with van der Waals surface area (Å²) in [6.45, 7) is 5.76. The molecule has 0 unspecified atom stereocenters. The average molecular weight is 390 g/mol. The molecule has 0 radical (unpaired) electrons. The van der Waals surface area contributed by atoms with Crippen molar-refractivity contribution in [1.82, 2.24) is 0 Å². The van der Waals surface area contributed by atoms with E-state index in [1.54, 1.807) is 24.3 Å². The Balaban J connectivity index is 2.02. The summed E-state index contributed by atoms with van der Waals surface area (Å²) in [6.07, 6.45) is 2.99. The standard InChI is InChI=1S/C23H22N2O4/c1-13-10-14(2)21(25-12-17-7-5-9-19(27)23(17)29)15(3)20(13)24-11-16-6-4-8-18(26)22(16)28/h4-12,26-29H,1-3H3. The number of para-hydroxylation sites is 2. The number of aliphatic imine (C=N–C) groups is 2. The molecular formula is C23H22N2O4. The summed E-state index contributed by atoms with van der Waals surface area (Å²) in [6, 6.07) is 11.3. The lowest BCUT2D eigenvalue weighted by Crippen LogP contribution is -1.90. The molecule has 0 saturated carbocycles. The molecule has 148 valence electrons. The Morgan fingerprint density at radius 1 is 0.655 bits per heavy atom. The van der Waals surface area contributed by atoms with Gasteiger partial charge in [-0.1, -0.05) is 18.2 Å². The highest BCUT2D eigenvalue weighted by Crippen LogP contribution is 2.36. The summed E-state index contributed by atoms with van der Waals surface area (Å²) in [5.41, 5.74) is 4.91. The van der Waals surface area contributed by atoms with E-state index in [9.17, 15) is 20.4 Å². The van der Waals surface area contributed by atoms with Crippen molar-refractivity contribution in [2.24, 2.45) is 9.98 Å². The van der Waals surface area contributed by atoms with Crippen molar-refractivity contribution in [3.63, 3.8) is 0 Å². The lowest BCUT2D eigenvalue weighted by atomic mass is 10.0. The molecule has 3 rings (SSSR count). The maximum Gasteiger partial charge on any atom is 0.166 e. The van der Waals surface area contributed by atoms with Crippen molar-refractivity contribution < 1.29 is 20.4 Å². The van der Waals surface area contributed by atoms with E-state index < -0.39 is 0 Å². The van der Waals surface area contributed by atoms with Gasteiger partial charge < -0.3 is 20.4 Å². The minimum Gasteiger partial charge on any atom is -0.504 e. The number of rotatable bonds is 4. The van der Waals surface area contributed by atoms with E-state index in [1.807, 2.05) is 26.8 Å². The van der Waals surface area contributed by atoms with Crippen LogP contribution in [0.3, 0.4) is 0 Å². The van der Waals surface area contributed by atoms with Gasteiger partial charge in [0.05, 0.1) is 11.4 Å². The number of phenols is 4. The lowest BCUT2D eigenvalue weighted by molar-refractivity contribution is 0.403. The first-order chi connectivity index (χ1) is 13.8. The second kappa shape index (κ2) is 8.06. The first-order valence-electron chi connectivity index (χ1n) is 9.00. The fourth-order valence-electron chi connectivity index (χ4n) is 3.14. The van der Waals surface area contributed by atoms with Crippen LogP contribution in [-0.2, 0) is 0 Å². The number of hydrogen-bond donors (Lipinski definition) is 4. The summed E-state index contributed by atoms with van der Waals surface area (Å²) in [4.78, 5) is 9.01. The van der Waals surface area contributed by atoms with E-state index in [4.69, 9.17) is 0 Å². The molecule has 3 aromatic carbocycles. The molecule has 0 heterocycles. The van der Waals surface area contributed by atoms with Gasteiger partial charge in [0.15, 0.2) is 23.0 Å². The fourth-order valence-corrected chi connectivity index (χ4v) is 3.14. The zero-order chi connectivity index (χ0) is 21.1. The Labute approximate surface area is 168 Å². The highest BCUT2D eigenvalue weighted by atomic mass is 16.3. The van der Waals surface area contributed by atoms with Crippen molar-refractivity contribution in [2.75, 3.05) is 0 Å². The number of benzene rings is 3. The number of aromatic hydroxyl groups is 4. The number of aryl methyl sites for hydroxylation is 2. The van der Waals surface area contributed by atoms with Gasteiger partial charge in [0, 0.05) is 29.1 Å². The predicted octanol–water partition coefficient (Wildman–Crippen LogP) is 4.94. The highest BCUT2D eigenvalue weighted by molar-refractivity contribution is 5.89. The van der Waals surface area contributed by atoms with Crippen LogP contribution in [0, 0.1) is 20.8 Å². The van der Waals surface area contributed by atoms with Crippen LogP contribution >= 0.6 is 0 Å². The zero-order valence-electron chi connectivity index (χ0n) is 16.4. The maximum absolute atomic E-state index is 9.96. The van der Waals surface area contributed by atoms with Crippen LogP contribution in [0.1, 0.15) is 27.8 Å². The van der Waals surface area contributed by atoms with Crippen molar-refractivity contribution in [2.45, 2.75) is 20.8 Å². The Bertz CT molecular complexity index is 1050. The van der Waals surface area contributed by atoms with E-state index in [0.717, 1.165) is 16.7 Å². The molecule has 0 fully saturated rings. The number of nitrogens with zero attached hydrogens (tertiary/aromatic N) is 2. The third kappa shape index (κ3) is 4.06. The fraction of sp³-hybridized carbons (Fsp3) is 0.130. The van der Waals surface area contributed by atoms with Crippen LogP contribution in [0.2, 0.25) is 0 Å². The molecule has 0 spiro atoms. The average Bonchev–Trinajstić information content (AvgIpc) is 2.67. The van der Waals surface area contributed by atoms with Crippen LogP contribution in [0.5, 0.6) is 23.0 Å². The normalized spacial score (nSPS) is 11.6. The molecule has 6 nitrogen and oxygen atoms in total. The summed E-state index contributed by atoms with van der Waals surface area (Å²) < 4.78 is 0. The van der Waals surface area contributed by atoms with Gasteiger partial charge in [-0.15, -0.1) is 0 Å². The zero-order valence-corrected chi connectivity index (χ0v) is 16.4. The quantitative estimate of drug-likeness (QED) is 0.374. The van der Waals surface area contributed by atoms with Gasteiger partial charge in [-0.05, 0) is 56.2 Å².